The topological polar surface area (TPSA) is 41.3 Å². The number of hydrogen-bond acceptors (Lipinski definition) is 4. The highest BCUT2D eigenvalue weighted by Crippen LogP contribution is 2.22. The number of halogens is 1. The molecule has 0 bridgehead atoms. The van der Waals surface area contributed by atoms with E-state index in [1.54, 1.807) is 6.26 Å². The molecule has 2 aromatic rings. The van der Waals surface area contributed by atoms with Crippen LogP contribution in [0.2, 0.25) is 5.02 Å². The van der Waals surface area contributed by atoms with E-state index in [2.05, 4.69) is 22.1 Å². The Morgan fingerprint density at radius 1 is 1.50 bits per heavy atom. The third-order valence-corrected chi connectivity index (χ3v) is 3.86. The van der Waals surface area contributed by atoms with Crippen LogP contribution < -0.4 is 5.32 Å². The maximum atomic E-state index is 5.99. The van der Waals surface area contributed by atoms with Gasteiger partial charge >= 0.3 is 0 Å². The van der Waals surface area contributed by atoms with Crippen molar-refractivity contribution in [3.05, 3.63) is 41.2 Å². The average Bonchev–Trinajstić information content (AvgIpc) is 2.90. The SMILES string of the molecule is CC1CNCCN1Cc1coc(-c2cccc(Cl)c2)n1. The van der Waals surface area contributed by atoms with Crippen molar-refractivity contribution in [2.24, 2.45) is 0 Å². The Labute approximate surface area is 123 Å². The lowest BCUT2D eigenvalue weighted by Gasteiger charge is -2.33. The zero-order chi connectivity index (χ0) is 13.9. The highest BCUT2D eigenvalue weighted by Gasteiger charge is 2.19. The van der Waals surface area contributed by atoms with Gasteiger partial charge in [-0.05, 0) is 25.1 Å². The summed E-state index contributed by atoms with van der Waals surface area (Å²) in [7, 11) is 0. The third kappa shape index (κ3) is 3.03. The summed E-state index contributed by atoms with van der Waals surface area (Å²) in [4.78, 5) is 6.98. The van der Waals surface area contributed by atoms with Gasteiger partial charge in [0.1, 0.15) is 6.26 Å². The fourth-order valence-corrected chi connectivity index (χ4v) is 2.65. The molecule has 1 aliphatic rings. The number of nitrogens with zero attached hydrogens (tertiary/aromatic N) is 2. The summed E-state index contributed by atoms with van der Waals surface area (Å²) >= 11 is 5.99. The molecule has 0 aliphatic carbocycles. The van der Waals surface area contributed by atoms with Crippen LogP contribution in [0.1, 0.15) is 12.6 Å². The molecule has 1 N–H and O–H groups in total. The molecule has 1 aromatic heterocycles. The molecule has 0 radical (unpaired) electrons. The van der Waals surface area contributed by atoms with E-state index < -0.39 is 0 Å². The molecule has 1 unspecified atom stereocenters. The minimum absolute atomic E-state index is 0.523. The molecule has 1 saturated heterocycles. The number of hydrogen-bond donors (Lipinski definition) is 1. The highest BCUT2D eigenvalue weighted by molar-refractivity contribution is 6.30. The van der Waals surface area contributed by atoms with Crippen LogP contribution >= 0.6 is 11.6 Å². The number of aromatic nitrogens is 1. The van der Waals surface area contributed by atoms with Gasteiger partial charge in [0.05, 0.1) is 5.69 Å². The Kier molecular flexibility index (Phi) is 4.05. The summed E-state index contributed by atoms with van der Waals surface area (Å²) in [5.74, 6) is 0.630. The molecule has 106 valence electrons. The van der Waals surface area contributed by atoms with Crippen LogP contribution in [0.15, 0.2) is 34.9 Å². The molecule has 0 spiro atoms. The predicted molar refractivity (Wildman–Crippen MR) is 79.7 cm³/mol. The number of nitrogens with one attached hydrogen (secondary N) is 1. The van der Waals surface area contributed by atoms with Gasteiger partial charge in [0.2, 0.25) is 5.89 Å². The number of oxazole rings is 1. The van der Waals surface area contributed by atoms with Crippen LogP contribution in [-0.2, 0) is 6.54 Å². The molecule has 1 fully saturated rings. The van der Waals surface area contributed by atoms with Crippen molar-refractivity contribution in [3.8, 4) is 11.5 Å². The average molecular weight is 292 g/mol. The monoisotopic (exact) mass is 291 g/mol. The second-order valence-corrected chi connectivity index (χ2v) is 5.61. The van der Waals surface area contributed by atoms with Crippen molar-refractivity contribution in [2.45, 2.75) is 19.5 Å². The Balaban J connectivity index is 1.73. The van der Waals surface area contributed by atoms with E-state index in [0.29, 0.717) is 17.0 Å². The Hall–Kier alpha value is -1.36. The van der Waals surface area contributed by atoms with Crippen molar-refractivity contribution in [2.75, 3.05) is 19.6 Å². The van der Waals surface area contributed by atoms with E-state index in [1.165, 1.54) is 0 Å². The second kappa shape index (κ2) is 5.95. The van der Waals surface area contributed by atoms with Gasteiger partial charge in [0.25, 0.3) is 0 Å². The lowest BCUT2D eigenvalue weighted by atomic mass is 10.2. The molecule has 20 heavy (non-hydrogen) atoms. The largest absolute Gasteiger partial charge is 0.444 e. The first-order chi connectivity index (χ1) is 9.72. The molecule has 2 heterocycles. The van der Waals surface area contributed by atoms with E-state index in [-0.39, 0.29) is 0 Å². The van der Waals surface area contributed by atoms with E-state index in [4.69, 9.17) is 16.0 Å². The summed E-state index contributed by atoms with van der Waals surface area (Å²) in [5, 5.41) is 4.08. The van der Waals surface area contributed by atoms with E-state index >= 15 is 0 Å². The van der Waals surface area contributed by atoms with Crippen molar-refractivity contribution in [1.29, 1.82) is 0 Å². The van der Waals surface area contributed by atoms with Gasteiger partial charge < -0.3 is 9.73 Å². The number of benzene rings is 1. The third-order valence-electron chi connectivity index (χ3n) is 3.63. The molecule has 1 aliphatic heterocycles. The van der Waals surface area contributed by atoms with Gasteiger partial charge in [0.15, 0.2) is 0 Å². The second-order valence-electron chi connectivity index (χ2n) is 5.18. The summed E-state index contributed by atoms with van der Waals surface area (Å²) in [6, 6.07) is 8.09. The van der Waals surface area contributed by atoms with Gasteiger partial charge in [-0.2, -0.15) is 0 Å². The molecule has 4 nitrogen and oxygen atoms in total. The molecule has 0 amide bonds. The maximum absolute atomic E-state index is 5.99. The lowest BCUT2D eigenvalue weighted by molar-refractivity contribution is 0.163. The quantitative estimate of drug-likeness (QED) is 0.944. The molecule has 0 saturated carbocycles. The fourth-order valence-electron chi connectivity index (χ4n) is 2.46. The van der Waals surface area contributed by atoms with Gasteiger partial charge in [-0.15, -0.1) is 0 Å². The number of rotatable bonds is 3. The van der Waals surface area contributed by atoms with Crippen LogP contribution in [0.5, 0.6) is 0 Å². The molecular formula is C15H18ClN3O. The van der Waals surface area contributed by atoms with Crippen molar-refractivity contribution in [3.63, 3.8) is 0 Å². The van der Waals surface area contributed by atoms with Crippen LogP contribution in [-0.4, -0.2) is 35.6 Å². The van der Waals surface area contributed by atoms with Crippen LogP contribution in [0, 0.1) is 0 Å². The van der Waals surface area contributed by atoms with E-state index in [9.17, 15) is 0 Å². The molecule has 1 atom stereocenters. The van der Waals surface area contributed by atoms with Gasteiger partial charge in [-0.25, -0.2) is 4.98 Å². The molecular weight excluding hydrogens is 274 g/mol. The Bertz CT molecular complexity index is 584. The van der Waals surface area contributed by atoms with Gasteiger partial charge in [0, 0.05) is 42.8 Å². The van der Waals surface area contributed by atoms with E-state index in [0.717, 1.165) is 37.4 Å². The zero-order valence-electron chi connectivity index (χ0n) is 11.5. The molecule has 1 aromatic carbocycles. The van der Waals surface area contributed by atoms with Crippen LogP contribution in [0.3, 0.4) is 0 Å². The smallest absolute Gasteiger partial charge is 0.226 e. The van der Waals surface area contributed by atoms with Crippen molar-refractivity contribution in [1.82, 2.24) is 15.2 Å². The van der Waals surface area contributed by atoms with Gasteiger partial charge in [-0.1, -0.05) is 17.7 Å². The van der Waals surface area contributed by atoms with E-state index in [1.807, 2.05) is 24.3 Å². The molecule has 5 heteroatoms. The summed E-state index contributed by atoms with van der Waals surface area (Å²) in [6.45, 7) is 6.15. The van der Waals surface area contributed by atoms with Crippen LogP contribution in [0.4, 0.5) is 0 Å². The highest BCUT2D eigenvalue weighted by atomic mass is 35.5. The first-order valence-corrected chi connectivity index (χ1v) is 7.25. The zero-order valence-corrected chi connectivity index (χ0v) is 12.2. The minimum Gasteiger partial charge on any atom is -0.444 e. The maximum Gasteiger partial charge on any atom is 0.226 e. The first-order valence-electron chi connectivity index (χ1n) is 6.87. The van der Waals surface area contributed by atoms with Crippen molar-refractivity contribution < 1.29 is 4.42 Å². The predicted octanol–water partition coefficient (Wildman–Crippen LogP) is 2.79. The van der Waals surface area contributed by atoms with Gasteiger partial charge in [-0.3, -0.25) is 4.90 Å². The fraction of sp³-hybridized carbons (Fsp3) is 0.400. The first kappa shape index (κ1) is 13.6. The summed E-state index contributed by atoms with van der Waals surface area (Å²) in [5.41, 5.74) is 1.88. The Morgan fingerprint density at radius 2 is 2.40 bits per heavy atom. The Morgan fingerprint density at radius 3 is 3.20 bits per heavy atom. The van der Waals surface area contributed by atoms with Crippen LogP contribution in [0.25, 0.3) is 11.5 Å². The standard InChI is InChI=1S/C15H18ClN3O/c1-11-8-17-5-6-19(11)9-14-10-20-15(18-14)12-3-2-4-13(16)7-12/h2-4,7,10-11,17H,5-6,8-9H2,1H3. The summed E-state index contributed by atoms with van der Waals surface area (Å²) < 4.78 is 5.57. The lowest BCUT2D eigenvalue weighted by Crippen LogP contribution is -2.49. The minimum atomic E-state index is 0.523. The molecule has 3 rings (SSSR count). The van der Waals surface area contributed by atoms with Crippen molar-refractivity contribution >= 4 is 11.6 Å². The number of piperazine rings is 1. The summed E-state index contributed by atoms with van der Waals surface area (Å²) in [6.07, 6.45) is 1.74. The normalized spacial score (nSPS) is 20.2.